The van der Waals surface area contributed by atoms with Crippen molar-refractivity contribution in [1.29, 1.82) is 0 Å². The van der Waals surface area contributed by atoms with Gasteiger partial charge in [0.05, 0.1) is 6.54 Å². The summed E-state index contributed by atoms with van der Waals surface area (Å²) >= 11 is 0. The van der Waals surface area contributed by atoms with Crippen molar-refractivity contribution in [2.75, 3.05) is 19.6 Å². The first-order chi connectivity index (χ1) is 9.34. The lowest BCUT2D eigenvalue weighted by Gasteiger charge is -2.33. The minimum Gasteiger partial charge on any atom is -0.314 e. The molecule has 1 N–H and O–H groups in total. The van der Waals surface area contributed by atoms with Gasteiger partial charge in [-0.2, -0.15) is 0 Å². The van der Waals surface area contributed by atoms with Gasteiger partial charge in [-0.1, -0.05) is 18.2 Å². The molecule has 0 amide bonds. The van der Waals surface area contributed by atoms with E-state index in [-0.39, 0.29) is 12.4 Å². The van der Waals surface area contributed by atoms with Crippen LogP contribution in [0.15, 0.2) is 42.7 Å². The maximum absolute atomic E-state index is 4.52. The van der Waals surface area contributed by atoms with Gasteiger partial charge in [-0.3, -0.25) is 4.90 Å². The van der Waals surface area contributed by atoms with Gasteiger partial charge in [-0.05, 0) is 19.1 Å². The van der Waals surface area contributed by atoms with Crippen LogP contribution in [0.4, 0.5) is 0 Å². The highest BCUT2D eigenvalue weighted by atomic mass is 35.5. The molecular formula is C15H21ClN4. The summed E-state index contributed by atoms with van der Waals surface area (Å²) in [6.07, 6.45) is 3.92. The lowest BCUT2D eigenvalue weighted by atomic mass is 10.2. The number of hydrogen-bond acceptors (Lipinski definition) is 3. The number of rotatable bonds is 3. The van der Waals surface area contributed by atoms with E-state index in [1.165, 1.54) is 5.69 Å². The van der Waals surface area contributed by atoms with Gasteiger partial charge >= 0.3 is 0 Å². The fourth-order valence-corrected chi connectivity index (χ4v) is 2.57. The molecule has 2 aromatic rings. The van der Waals surface area contributed by atoms with Crippen molar-refractivity contribution in [3.05, 3.63) is 48.5 Å². The first-order valence-electron chi connectivity index (χ1n) is 6.87. The van der Waals surface area contributed by atoms with E-state index in [0.29, 0.717) is 6.04 Å². The van der Waals surface area contributed by atoms with Gasteiger partial charge in [-0.15, -0.1) is 12.4 Å². The average Bonchev–Trinajstić information content (AvgIpc) is 2.91. The van der Waals surface area contributed by atoms with E-state index >= 15 is 0 Å². The van der Waals surface area contributed by atoms with E-state index < -0.39 is 0 Å². The first kappa shape index (κ1) is 15.0. The summed E-state index contributed by atoms with van der Waals surface area (Å²) in [6, 6.07) is 11.0. The normalized spacial score (nSPS) is 19.6. The Bertz CT molecular complexity index is 526. The van der Waals surface area contributed by atoms with Crippen LogP contribution < -0.4 is 5.32 Å². The quantitative estimate of drug-likeness (QED) is 0.940. The van der Waals surface area contributed by atoms with Gasteiger partial charge in [0, 0.05) is 43.8 Å². The van der Waals surface area contributed by atoms with Crippen LogP contribution in [-0.2, 0) is 6.54 Å². The Hall–Kier alpha value is -1.36. The van der Waals surface area contributed by atoms with E-state index in [9.17, 15) is 0 Å². The summed E-state index contributed by atoms with van der Waals surface area (Å²) in [6.45, 7) is 6.39. The van der Waals surface area contributed by atoms with Gasteiger partial charge in [-0.25, -0.2) is 4.98 Å². The number of nitrogens with one attached hydrogen (secondary N) is 1. The topological polar surface area (TPSA) is 33.1 Å². The zero-order valence-electron chi connectivity index (χ0n) is 11.7. The van der Waals surface area contributed by atoms with E-state index in [0.717, 1.165) is 32.0 Å². The Kier molecular flexibility index (Phi) is 5.17. The zero-order chi connectivity index (χ0) is 13.1. The molecule has 1 aromatic heterocycles. The highest BCUT2D eigenvalue weighted by Gasteiger charge is 2.19. The van der Waals surface area contributed by atoms with Crippen LogP contribution in [0.1, 0.15) is 12.7 Å². The molecule has 0 radical (unpaired) electrons. The molecule has 1 saturated heterocycles. The predicted molar refractivity (Wildman–Crippen MR) is 83.6 cm³/mol. The minimum absolute atomic E-state index is 0. The minimum atomic E-state index is 0. The van der Waals surface area contributed by atoms with Gasteiger partial charge in [0.15, 0.2) is 0 Å². The molecule has 0 spiro atoms. The van der Waals surface area contributed by atoms with Crippen LogP contribution in [0.5, 0.6) is 0 Å². The fraction of sp³-hybridized carbons (Fsp3) is 0.400. The van der Waals surface area contributed by atoms with Gasteiger partial charge in [0.2, 0.25) is 0 Å². The summed E-state index contributed by atoms with van der Waals surface area (Å²) in [5.41, 5.74) is 1.18. The van der Waals surface area contributed by atoms with E-state index in [1.54, 1.807) is 0 Å². The van der Waals surface area contributed by atoms with Crippen LogP contribution >= 0.6 is 12.4 Å². The number of imidazole rings is 1. The summed E-state index contributed by atoms with van der Waals surface area (Å²) in [4.78, 5) is 7.01. The van der Waals surface area contributed by atoms with Crippen molar-refractivity contribution in [2.24, 2.45) is 0 Å². The van der Waals surface area contributed by atoms with Crippen LogP contribution in [-0.4, -0.2) is 40.1 Å². The van der Waals surface area contributed by atoms with E-state index in [1.807, 2.05) is 18.5 Å². The van der Waals surface area contributed by atoms with Gasteiger partial charge in [0.1, 0.15) is 5.82 Å². The number of hydrogen-bond donors (Lipinski definition) is 1. The van der Waals surface area contributed by atoms with Crippen molar-refractivity contribution < 1.29 is 0 Å². The predicted octanol–water partition coefficient (Wildman–Crippen LogP) is 2.09. The van der Waals surface area contributed by atoms with Gasteiger partial charge in [0.25, 0.3) is 0 Å². The fourth-order valence-electron chi connectivity index (χ4n) is 2.57. The van der Waals surface area contributed by atoms with Crippen LogP contribution in [0.2, 0.25) is 0 Å². The molecule has 0 unspecified atom stereocenters. The van der Waals surface area contributed by atoms with Crippen molar-refractivity contribution in [3.63, 3.8) is 0 Å². The third kappa shape index (κ3) is 3.20. The molecule has 0 aliphatic carbocycles. The monoisotopic (exact) mass is 292 g/mol. The molecule has 1 aliphatic heterocycles. The molecule has 1 fully saturated rings. The van der Waals surface area contributed by atoms with Crippen molar-refractivity contribution in [2.45, 2.75) is 19.5 Å². The molecule has 1 aromatic carbocycles. The second-order valence-corrected chi connectivity index (χ2v) is 5.07. The zero-order valence-corrected chi connectivity index (χ0v) is 12.5. The molecule has 0 saturated carbocycles. The molecule has 4 nitrogen and oxygen atoms in total. The Balaban J connectivity index is 0.00000147. The number of aromatic nitrogens is 2. The number of para-hydroxylation sites is 1. The Morgan fingerprint density at radius 1 is 1.30 bits per heavy atom. The third-order valence-corrected chi connectivity index (χ3v) is 3.74. The number of benzene rings is 1. The molecule has 2 heterocycles. The molecule has 20 heavy (non-hydrogen) atoms. The largest absolute Gasteiger partial charge is 0.314 e. The molecule has 0 bridgehead atoms. The highest BCUT2D eigenvalue weighted by Crippen LogP contribution is 2.14. The second kappa shape index (κ2) is 6.88. The van der Waals surface area contributed by atoms with E-state index in [2.05, 4.69) is 51.0 Å². The summed E-state index contributed by atoms with van der Waals surface area (Å²) in [5.74, 6) is 1.11. The molecule has 3 rings (SSSR count). The average molecular weight is 293 g/mol. The van der Waals surface area contributed by atoms with Crippen LogP contribution in [0.25, 0.3) is 5.69 Å². The number of nitrogens with zero attached hydrogens (tertiary/aromatic N) is 3. The number of halogens is 1. The maximum Gasteiger partial charge on any atom is 0.127 e. The summed E-state index contributed by atoms with van der Waals surface area (Å²) in [7, 11) is 0. The Labute approximate surface area is 126 Å². The molecule has 108 valence electrons. The van der Waals surface area contributed by atoms with Crippen molar-refractivity contribution >= 4 is 12.4 Å². The third-order valence-electron chi connectivity index (χ3n) is 3.74. The second-order valence-electron chi connectivity index (χ2n) is 5.07. The van der Waals surface area contributed by atoms with Crippen LogP contribution in [0, 0.1) is 0 Å². The standard InChI is InChI=1S/C15H20N4.ClH/c1-13-11-16-7-9-18(13)12-15-17-8-10-19(15)14-5-3-2-4-6-14;/h2-6,8,10,13,16H,7,9,11-12H2,1H3;1H/t13-;/m1./s1. The highest BCUT2D eigenvalue weighted by molar-refractivity contribution is 5.85. The number of piperazine rings is 1. The summed E-state index contributed by atoms with van der Waals surface area (Å²) < 4.78 is 2.18. The molecule has 1 aliphatic rings. The smallest absolute Gasteiger partial charge is 0.127 e. The summed E-state index contributed by atoms with van der Waals surface area (Å²) in [5, 5.41) is 3.42. The lowest BCUT2D eigenvalue weighted by molar-refractivity contribution is 0.161. The Morgan fingerprint density at radius 3 is 2.85 bits per heavy atom. The van der Waals surface area contributed by atoms with E-state index in [4.69, 9.17) is 0 Å². The molecule has 1 atom stereocenters. The SMILES string of the molecule is C[C@@H]1CNCCN1Cc1nccn1-c1ccccc1.Cl. The maximum atomic E-state index is 4.52. The van der Waals surface area contributed by atoms with Crippen molar-refractivity contribution in [1.82, 2.24) is 19.8 Å². The van der Waals surface area contributed by atoms with Crippen LogP contribution in [0.3, 0.4) is 0 Å². The van der Waals surface area contributed by atoms with Gasteiger partial charge < -0.3 is 9.88 Å². The lowest BCUT2D eigenvalue weighted by Crippen LogP contribution is -2.49. The molecule has 5 heteroatoms. The van der Waals surface area contributed by atoms with Crippen molar-refractivity contribution in [3.8, 4) is 5.69 Å². The first-order valence-corrected chi connectivity index (χ1v) is 6.87. The molecular weight excluding hydrogens is 272 g/mol. The Morgan fingerprint density at radius 2 is 2.10 bits per heavy atom.